The van der Waals surface area contributed by atoms with E-state index >= 15 is 0 Å². The molecule has 0 bridgehead atoms. The van der Waals surface area contributed by atoms with Crippen LogP contribution in [0, 0.1) is 5.82 Å². The molecule has 0 aliphatic rings. The van der Waals surface area contributed by atoms with Crippen LogP contribution in [0.5, 0.6) is 10.8 Å². The second-order valence-corrected chi connectivity index (χ2v) is 3.89. The first-order valence-corrected chi connectivity index (χ1v) is 5.07. The molecule has 1 aromatic carbocycles. The zero-order chi connectivity index (χ0) is 10.1. The summed E-state index contributed by atoms with van der Waals surface area (Å²) in [7, 11) is 0. The Morgan fingerprint density at radius 2 is 2.21 bits per heavy atom. The van der Waals surface area contributed by atoms with Gasteiger partial charge in [0.25, 0.3) is 0 Å². The molecule has 2 nitrogen and oxygen atoms in total. The van der Waals surface area contributed by atoms with Crippen molar-refractivity contribution in [3.05, 3.63) is 24.0 Å². The summed E-state index contributed by atoms with van der Waals surface area (Å²) >= 11 is 1.37. The summed E-state index contributed by atoms with van der Waals surface area (Å²) in [5.74, 6) is -0.916. The number of phenols is 1. The van der Waals surface area contributed by atoms with Gasteiger partial charge in [-0.25, -0.2) is 4.39 Å². The minimum absolute atomic E-state index is 0.321. The van der Waals surface area contributed by atoms with E-state index in [9.17, 15) is 4.39 Å². The first-order valence-electron chi connectivity index (χ1n) is 4.25. The van der Waals surface area contributed by atoms with Gasteiger partial charge in [-0.05, 0) is 25.1 Å². The highest BCUT2D eigenvalue weighted by Gasteiger charge is 2.07. The van der Waals surface area contributed by atoms with Crippen LogP contribution in [0.15, 0.2) is 18.2 Å². The predicted molar refractivity (Wildman–Crippen MR) is 54.6 cm³/mol. The summed E-state index contributed by atoms with van der Waals surface area (Å²) < 4.78 is 19.0. The lowest BCUT2D eigenvalue weighted by Crippen LogP contribution is -1.86. The fourth-order valence-electron chi connectivity index (χ4n) is 1.24. The molecule has 4 heteroatoms. The van der Waals surface area contributed by atoms with Crippen LogP contribution >= 0.6 is 11.3 Å². The van der Waals surface area contributed by atoms with Crippen molar-refractivity contribution in [1.82, 2.24) is 0 Å². The second-order valence-electron chi connectivity index (χ2n) is 2.84. The molecule has 74 valence electrons. The maximum atomic E-state index is 13.0. The van der Waals surface area contributed by atoms with Crippen LogP contribution in [0.1, 0.15) is 6.92 Å². The van der Waals surface area contributed by atoms with E-state index in [1.807, 2.05) is 6.92 Å². The van der Waals surface area contributed by atoms with E-state index in [0.717, 1.165) is 15.1 Å². The van der Waals surface area contributed by atoms with Crippen LogP contribution in [-0.2, 0) is 0 Å². The van der Waals surface area contributed by atoms with Crippen LogP contribution in [0.4, 0.5) is 4.39 Å². The Labute approximate surface area is 84.6 Å². The molecule has 1 aromatic heterocycles. The third kappa shape index (κ3) is 1.53. The fraction of sp³-hybridized carbons (Fsp3) is 0.200. The van der Waals surface area contributed by atoms with Crippen molar-refractivity contribution in [2.75, 3.05) is 6.61 Å². The zero-order valence-corrected chi connectivity index (χ0v) is 8.40. The maximum absolute atomic E-state index is 13.0. The predicted octanol–water partition coefficient (Wildman–Crippen LogP) is 3.14. The van der Waals surface area contributed by atoms with Crippen molar-refractivity contribution in [3.63, 3.8) is 0 Å². The smallest absolute Gasteiger partial charge is 0.174 e. The average molecular weight is 212 g/mol. The van der Waals surface area contributed by atoms with Crippen molar-refractivity contribution >= 4 is 21.4 Å². The Morgan fingerprint density at radius 3 is 2.93 bits per heavy atom. The maximum Gasteiger partial charge on any atom is 0.174 e. The topological polar surface area (TPSA) is 29.5 Å². The van der Waals surface area contributed by atoms with E-state index in [2.05, 4.69) is 0 Å². The van der Waals surface area contributed by atoms with Crippen molar-refractivity contribution in [2.24, 2.45) is 0 Å². The summed E-state index contributed by atoms with van der Waals surface area (Å²) in [5.41, 5.74) is 0. The van der Waals surface area contributed by atoms with Crippen LogP contribution in [0.25, 0.3) is 10.1 Å². The first-order chi connectivity index (χ1) is 6.70. The number of ether oxygens (including phenoxy) is 1. The van der Waals surface area contributed by atoms with Gasteiger partial charge in [0.05, 0.1) is 6.61 Å². The molecule has 2 aromatic rings. The summed E-state index contributed by atoms with van der Waals surface area (Å²) in [4.78, 5) is 0. The molecule has 0 aliphatic heterocycles. The van der Waals surface area contributed by atoms with Crippen molar-refractivity contribution in [1.29, 1.82) is 0 Å². The number of aromatic hydroxyl groups is 1. The quantitative estimate of drug-likeness (QED) is 0.828. The van der Waals surface area contributed by atoms with Gasteiger partial charge in [0.15, 0.2) is 16.6 Å². The molecule has 0 fully saturated rings. The lowest BCUT2D eigenvalue weighted by molar-refractivity contribution is 0.350. The van der Waals surface area contributed by atoms with Gasteiger partial charge in [0.2, 0.25) is 0 Å². The molecule has 2 rings (SSSR count). The Kier molecular flexibility index (Phi) is 2.29. The Bertz CT molecular complexity index is 425. The molecule has 0 aliphatic carbocycles. The molecule has 14 heavy (non-hydrogen) atoms. The van der Waals surface area contributed by atoms with Crippen molar-refractivity contribution < 1.29 is 14.2 Å². The third-order valence-electron chi connectivity index (χ3n) is 1.85. The van der Waals surface area contributed by atoms with E-state index in [1.54, 1.807) is 6.07 Å². The molecule has 0 radical (unpaired) electrons. The van der Waals surface area contributed by atoms with Crippen LogP contribution in [0.3, 0.4) is 0 Å². The van der Waals surface area contributed by atoms with Crippen LogP contribution in [0.2, 0.25) is 0 Å². The number of phenolic OH excluding ortho intramolecular Hbond substituents is 1. The summed E-state index contributed by atoms with van der Waals surface area (Å²) in [6, 6.07) is 4.52. The number of thiophene rings is 1. The molecule has 0 unspecified atom stereocenters. The van der Waals surface area contributed by atoms with Crippen LogP contribution < -0.4 is 4.74 Å². The third-order valence-corrected chi connectivity index (χ3v) is 2.86. The van der Waals surface area contributed by atoms with Crippen molar-refractivity contribution in [2.45, 2.75) is 6.92 Å². The van der Waals surface area contributed by atoms with Gasteiger partial charge in [0, 0.05) is 10.1 Å². The largest absolute Gasteiger partial charge is 0.505 e. The normalized spacial score (nSPS) is 10.7. The summed E-state index contributed by atoms with van der Waals surface area (Å²) in [6.45, 7) is 2.48. The molecule has 0 spiro atoms. The highest BCUT2D eigenvalue weighted by atomic mass is 32.1. The van der Waals surface area contributed by atoms with Gasteiger partial charge in [-0.15, -0.1) is 0 Å². The number of halogens is 1. The number of benzene rings is 1. The molecule has 1 N–H and O–H groups in total. The number of rotatable bonds is 2. The number of hydrogen-bond acceptors (Lipinski definition) is 3. The standard InChI is InChI=1S/C10H9FO2S/c1-2-13-10-4-6-3-8(12)7(11)5-9(6)14-10/h3-5,12H,2H2,1H3. The lowest BCUT2D eigenvalue weighted by atomic mass is 10.2. The SMILES string of the molecule is CCOc1cc2cc(O)c(F)cc2s1. The van der Waals surface area contributed by atoms with E-state index < -0.39 is 5.82 Å². The highest BCUT2D eigenvalue weighted by Crippen LogP contribution is 2.34. The van der Waals surface area contributed by atoms with Gasteiger partial charge >= 0.3 is 0 Å². The minimum atomic E-state index is -0.595. The molecule has 0 amide bonds. The Morgan fingerprint density at radius 1 is 1.43 bits per heavy atom. The van der Waals surface area contributed by atoms with Gasteiger partial charge in [-0.2, -0.15) is 0 Å². The molecule has 0 saturated heterocycles. The monoisotopic (exact) mass is 212 g/mol. The summed E-state index contributed by atoms with van der Waals surface area (Å²) in [5, 5.41) is 10.7. The van der Waals surface area contributed by atoms with Gasteiger partial charge in [0.1, 0.15) is 0 Å². The molecule has 1 heterocycles. The molecule has 0 saturated carbocycles. The number of fused-ring (bicyclic) bond motifs is 1. The van der Waals surface area contributed by atoms with E-state index in [4.69, 9.17) is 9.84 Å². The highest BCUT2D eigenvalue weighted by molar-refractivity contribution is 7.20. The minimum Gasteiger partial charge on any atom is -0.505 e. The summed E-state index contributed by atoms with van der Waals surface area (Å²) in [6.07, 6.45) is 0. The second kappa shape index (κ2) is 3.46. The van der Waals surface area contributed by atoms with Gasteiger partial charge < -0.3 is 9.84 Å². The van der Waals surface area contributed by atoms with Gasteiger partial charge in [-0.1, -0.05) is 11.3 Å². The molecular weight excluding hydrogens is 203 g/mol. The molecular formula is C10H9FO2S. The van der Waals surface area contributed by atoms with Crippen molar-refractivity contribution in [3.8, 4) is 10.8 Å². The van der Waals surface area contributed by atoms with Crippen LogP contribution in [-0.4, -0.2) is 11.7 Å². The molecule has 0 atom stereocenters. The Hall–Kier alpha value is -1.29. The van der Waals surface area contributed by atoms with Gasteiger partial charge in [-0.3, -0.25) is 0 Å². The zero-order valence-electron chi connectivity index (χ0n) is 7.58. The van der Waals surface area contributed by atoms with E-state index in [0.29, 0.717) is 6.61 Å². The first kappa shape index (κ1) is 9.27. The Balaban J connectivity index is 2.54. The fourth-order valence-corrected chi connectivity index (χ4v) is 2.22. The number of hydrogen-bond donors (Lipinski definition) is 1. The van der Waals surface area contributed by atoms with E-state index in [1.165, 1.54) is 23.5 Å². The van der Waals surface area contributed by atoms with E-state index in [-0.39, 0.29) is 5.75 Å². The average Bonchev–Trinajstić information content (AvgIpc) is 2.48. The lowest BCUT2D eigenvalue weighted by Gasteiger charge is -1.93.